The van der Waals surface area contributed by atoms with Gasteiger partial charge < -0.3 is 10.2 Å². The van der Waals surface area contributed by atoms with Crippen LogP contribution in [0.3, 0.4) is 0 Å². The van der Waals surface area contributed by atoms with Gasteiger partial charge in [0.05, 0.1) is 6.04 Å². The Kier molecular flexibility index (Phi) is 5.86. The molecular weight excluding hydrogens is 316 g/mol. The molecule has 0 aliphatic carbocycles. The van der Waals surface area contributed by atoms with Gasteiger partial charge in [0.25, 0.3) is 0 Å². The summed E-state index contributed by atoms with van der Waals surface area (Å²) in [6, 6.07) is 9.57. The first-order chi connectivity index (χ1) is 10.5. The number of nitrogens with one attached hydrogen (secondary N) is 1. The number of amides is 2. The number of halogens is 1. The van der Waals surface area contributed by atoms with E-state index in [-0.39, 0.29) is 12.1 Å². The van der Waals surface area contributed by atoms with Gasteiger partial charge in [0, 0.05) is 18.6 Å². The average molecular weight is 337 g/mol. The Bertz CT molecular complexity index is 596. The van der Waals surface area contributed by atoms with E-state index in [1.165, 1.54) is 0 Å². The minimum Gasteiger partial charge on any atom is -0.331 e. The predicted octanol–water partition coefficient (Wildman–Crippen LogP) is 4.94. The van der Waals surface area contributed by atoms with E-state index in [4.69, 9.17) is 11.6 Å². The highest BCUT2D eigenvalue weighted by Gasteiger charge is 2.20. The van der Waals surface area contributed by atoms with Crippen molar-refractivity contribution in [2.45, 2.75) is 26.4 Å². The largest absolute Gasteiger partial charge is 0.331 e. The lowest BCUT2D eigenvalue weighted by Gasteiger charge is -2.26. The molecule has 0 unspecified atom stereocenters. The van der Waals surface area contributed by atoms with Crippen molar-refractivity contribution in [1.82, 2.24) is 10.2 Å². The standard InChI is InChI=1S/C17H21ClN2OS/c1-12(2)16(14-4-6-15(18)7-5-14)19-17(21)20(3)10-13-8-9-22-11-13/h4-9,11-12,16H,10H2,1-3H3,(H,19,21)/t16-/m1/s1. The fourth-order valence-corrected chi connectivity index (χ4v) is 3.06. The molecule has 5 heteroatoms. The van der Waals surface area contributed by atoms with Gasteiger partial charge in [0.1, 0.15) is 0 Å². The van der Waals surface area contributed by atoms with E-state index in [2.05, 4.69) is 24.5 Å². The summed E-state index contributed by atoms with van der Waals surface area (Å²) in [5.41, 5.74) is 2.21. The smallest absolute Gasteiger partial charge is 0.317 e. The minimum absolute atomic E-state index is 0.0327. The molecule has 3 nitrogen and oxygen atoms in total. The van der Waals surface area contributed by atoms with Gasteiger partial charge in [0.15, 0.2) is 0 Å². The van der Waals surface area contributed by atoms with Crippen molar-refractivity contribution in [1.29, 1.82) is 0 Å². The van der Waals surface area contributed by atoms with Crippen molar-refractivity contribution in [2.75, 3.05) is 7.05 Å². The number of thiophene rings is 1. The third kappa shape index (κ3) is 4.49. The monoisotopic (exact) mass is 336 g/mol. The van der Waals surface area contributed by atoms with E-state index >= 15 is 0 Å². The van der Waals surface area contributed by atoms with Gasteiger partial charge in [-0.1, -0.05) is 37.6 Å². The van der Waals surface area contributed by atoms with Gasteiger partial charge in [-0.25, -0.2) is 4.79 Å². The summed E-state index contributed by atoms with van der Waals surface area (Å²) in [6.07, 6.45) is 0. The van der Waals surface area contributed by atoms with Crippen molar-refractivity contribution < 1.29 is 4.79 Å². The third-order valence-corrected chi connectivity index (χ3v) is 4.51. The maximum atomic E-state index is 12.4. The Labute approximate surface area is 140 Å². The molecule has 0 aliphatic heterocycles. The Morgan fingerprint density at radius 1 is 1.27 bits per heavy atom. The number of carbonyl (C=O) groups excluding carboxylic acids is 1. The van der Waals surface area contributed by atoms with Crippen molar-refractivity contribution >= 4 is 29.0 Å². The van der Waals surface area contributed by atoms with Gasteiger partial charge in [-0.15, -0.1) is 0 Å². The molecule has 0 saturated carbocycles. The molecule has 0 bridgehead atoms. The van der Waals surface area contributed by atoms with Gasteiger partial charge in [-0.05, 0) is 46.0 Å². The maximum absolute atomic E-state index is 12.4. The number of benzene rings is 1. The van der Waals surface area contributed by atoms with Crippen LogP contribution in [-0.2, 0) is 6.54 Å². The molecular formula is C17H21ClN2OS. The molecule has 1 N–H and O–H groups in total. The predicted molar refractivity (Wildman–Crippen MR) is 93.3 cm³/mol. The molecule has 0 spiro atoms. The molecule has 22 heavy (non-hydrogen) atoms. The van der Waals surface area contributed by atoms with Crippen LogP contribution in [-0.4, -0.2) is 18.0 Å². The Balaban J connectivity index is 2.04. The highest BCUT2D eigenvalue weighted by atomic mass is 35.5. The first-order valence-corrected chi connectivity index (χ1v) is 8.57. The second-order valence-corrected chi connectivity index (χ2v) is 6.93. The van der Waals surface area contributed by atoms with Crippen molar-refractivity contribution in [3.8, 4) is 0 Å². The van der Waals surface area contributed by atoms with Crippen LogP contribution in [0.5, 0.6) is 0 Å². The average Bonchev–Trinajstić information content (AvgIpc) is 2.98. The lowest BCUT2D eigenvalue weighted by molar-refractivity contribution is 0.199. The van der Waals surface area contributed by atoms with E-state index in [1.807, 2.05) is 42.8 Å². The first kappa shape index (κ1) is 16.8. The molecule has 0 radical (unpaired) electrons. The second kappa shape index (κ2) is 7.65. The molecule has 2 amide bonds. The van der Waals surface area contributed by atoms with Gasteiger partial charge in [-0.3, -0.25) is 0 Å². The SMILES string of the molecule is CC(C)[C@@H](NC(=O)N(C)Cc1ccsc1)c1ccc(Cl)cc1. The second-order valence-electron chi connectivity index (χ2n) is 5.71. The van der Waals surface area contributed by atoms with Gasteiger partial charge >= 0.3 is 6.03 Å². The van der Waals surface area contributed by atoms with Crippen LogP contribution in [0.25, 0.3) is 0 Å². The van der Waals surface area contributed by atoms with Crippen LogP contribution in [0.15, 0.2) is 41.1 Å². The van der Waals surface area contributed by atoms with E-state index < -0.39 is 0 Å². The number of hydrogen-bond donors (Lipinski definition) is 1. The number of urea groups is 1. The normalized spacial score (nSPS) is 12.2. The van der Waals surface area contributed by atoms with Crippen LogP contribution in [0, 0.1) is 5.92 Å². The lowest BCUT2D eigenvalue weighted by Crippen LogP contribution is -2.40. The molecule has 2 rings (SSSR count). The quantitative estimate of drug-likeness (QED) is 0.824. The lowest BCUT2D eigenvalue weighted by atomic mass is 9.96. The summed E-state index contributed by atoms with van der Waals surface area (Å²) in [7, 11) is 1.81. The summed E-state index contributed by atoms with van der Waals surface area (Å²) in [5.74, 6) is 0.291. The molecule has 1 aromatic carbocycles. The molecule has 1 heterocycles. The Morgan fingerprint density at radius 3 is 2.50 bits per heavy atom. The molecule has 0 fully saturated rings. The van der Waals surface area contributed by atoms with Crippen LogP contribution >= 0.6 is 22.9 Å². The zero-order valence-corrected chi connectivity index (χ0v) is 14.6. The molecule has 118 valence electrons. The van der Waals surface area contributed by atoms with Crippen molar-refractivity contribution in [2.24, 2.45) is 5.92 Å². The summed E-state index contributed by atoms with van der Waals surface area (Å²) in [5, 5.41) is 7.89. The summed E-state index contributed by atoms with van der Waals surface area (Å²) in [6.45, 7) is 4.80. The zero-order valence-electron chi connectivity index (χ0n) is 13.0. The summed E-state index contributed by atoms with van der Waals surface area (Å²) < 4.78 is 0. The van der Waals surface area contributed by atoms with Gasteiger partial charge in [0.2, 0.25) is 0 Å². The van der Waals surface area contributed by atoms with Crippen LogP contribution in [0.4, 0.5) is 4.79 Å². The Hall–Kier alpha value is -1.52. The molecule has 2 aromatic rings. The van der Waals surface area contributed by atoms with Crippen molar-refractivity contribution in [3.63, 3.8) is 0 Å². The first-order valence-electron chi connectivity index (χ1n) is 7.25. The van der Waals surface area contributed by atoms with E-state index in [1.54, 1.807) is 16.2 Å². The van der Waals surface area contributed by atoms with E-state index in [0.717, 1.165) is 11.1 Å². The van der Waals surface area contributed by atoms with Crippen LogP contribution in [0.1, 0.15) is 31.0 Å². The van der Waals surface area contributed by atoms with E-state index in [0.29, 0.717) is 17.5 Å². The topological polar surface area (TPSA) is 32.3 Å². The molecule has 1 atom stereocenters. The van der Waals surface area contributed by atoms with Crippen molar-refractivity contribution in [3.05, 3.63) is 57.2 Å². The number of hydrogen-bond acceptors (Lipinski definition) is 2. The minimum atomic E-state index is -0.0696. The molecule has 0 aliphatic rings. The number of carbonyl (C=O) groups is 1. The highest BCUT2D eigenvalue weighted by molar-refractivity contribution is 7.07. The molecule has 0 saturated heterocycles. The van der Waals surface area contributed by atoms with E-state index in [9.17, 15) is 4.79 Å². The summed E-state index contributed by atoms with van der Waals surface area (Å²) >= 11 is 7.58. The molecule has 1 aromatic heterocycles. The Morgan fingerprint density at radius 2 is 1.95 bits per heavy atom. The fraction of sp³-hybridized carbons (Fsp3) is 0.353. The number of rotatable bonds is 5. The van der Waals surface area contributed by atoms with Crippen LogP contribution < -0.4 is 5.32 Å². The van der Waals surface area contributed by atoms with Gasteiger partial charge in [-0.2, -0.15) is 11.3 Å². The van der Waals surface area contributed by atoms with Crippen LogP contribution in [0.2, 0.25) is 5.02 Å². The maximum Gasteiger partial charge on any atom is 0.317 e. The summed E-state index contributed by atoms with van der Waals surface area (Å²) in [4.78, 5) is 14.1. The third-order valence-electron chi connectivity index (χ3n) is 3.52. The number of nitrogens with zero attached hydrogens (tertiary/aromatic N) is 1. The fourth-order valence-electron chi connectivity index (χ4n) is 2.28. The zero-order chi connectivity index (χ0) is 16.1. The highest BCUT2D eigenvalue weighted by Crippen LogP contribution is 2.23.